The molecule has 1 amide bonds. The molecule has 2 heterocycles. The lowest BCUT2D eigenvalue weighted by Gasteiger charge is -2.41. The standard InChI is InChI=1S/C23H31N3O3S/c1-18-6-5-7-19(2)26(18)23(27)17-24-12-14-25(15-13-24)30(28,29)22-11-10-20-8-3-4-9-21(20)16-22/h3-4,8-11,16,18-19H,5-7,12-15,17H2,1-2H3/t18-,19-/m0/s1. The van der Waals surface area contributed by atoms with Crippen LogP contribution in [0.3, 0.4) is 0 Å². The van der Waals surface area contributed by atoms with Crippen molar-refractivity contribution in [3.63, 3.8) is 0 Å². The van der Waals surface area contributed by atoms with Gasteiger partial charge in [-0.1, -0.05) is 30.3 Å². The molecule has 162 valence electrons. The van der Waals surface area contributed by atoms with E-state index in [1.165, 1.54) is 6.42 Å². The first kappa shape index (κ1) is 21.3. The van der Waals surface area contributed by atoms with Crippen molar-refractivity contribution in [2.24, 2.45) is 0 Å². The van der Waals surface area contributed by atoms with Crippen molar-refractivity contribution in [3.8, 4) is 0 Å². The minimum absolute atomic E-state index is 0.167. The van der Waals surface area contributed by atoms with E-state index < -0.39 is 10.0 Å². The van der Waals surface area contributed by atoms with Gasteiger partial charge in [0.25, 0.3) is 0 Å². The molecule has 0 saturated carbocycles. The molecule has 0 bridgehead atoms. The van der Waals surface area contributed by atoms with E-state index in [0.29, 0.717) is 37.6 Å². The third kappa shape index (κ3) is 4.24. The summed E-state index contributed by atoms with van der Waals surface area (Å²) in [6.07, 6.45) is 3.30. The maximum atomic E-state index is 13.1. The fourth-order valence-electron chi connectivity index (χ4n) is 4.79. The fourth-order valence-corrected chi connectivity index (χ4v) is 6.25. The predicted molar refractivity (Wildman–Crippen MR) is 119 cm³/mol. The Hall–Kier alpha value is -1.96. The first-order valence-corrected chi connectivity index (χ1v) is 12.3. The number of likely N-dealkylation sites (tertiary alicyclic amines) is 1. The second kappa shape index (κ2) is 8.65. The SMILES string of the molecule is C[C@H]1CCC[C@H](C)N1C(=O)CN1CCN(S(=O)(=O)c2ccc3ccccc3c2)CC1. The van der Waals surface area contributed by atoms with Gasteiger partial charge in [0.15, 0.2) is 0 Å². The van der Waals surface area contributed by atoms with Gasteiger partial charge in [-0.25, -0.2) is 8.42 Å². The Bertz CT molecular complexity index is 1010. The highest BCUT2D eigenvalue weighted by Gasteiger charge is 2.32. The topological polar surface area (TPSA) is 60.9 Å². The highest BCUT2D eigenvalue weighted by Crippen LogP contribution is 2.24. The van der Waals surface area contributed by atoms with Gasteiger partial charge in [0.05, 0.1) is 11.4 Å². The molecule has 0 radical (unpaired) electrons. The number of nitrogens with zero attached hydrogens (tertiary/aromatic N) is 3. The summed E-state index contributed by atoms with van der Waals surface area (Å²) in [6, 6.07) is 13.6. The van der Waals surface area contributed by atoms with Crippen LogP contribution in [0.25, 0.3) is 10.8 Å². The maximum Gasteiger partial charge on any atom is 0.243 e. The molecular weight excluding hydrogens is 398 g/mol. The number of amides is 1. The molecule has 4 rings (SSSR count). The molecule has 2 aromatic rings. The van der Waals surface area contributed by atoms with Crippen LogP contribution >= 0.6 is 0 Å². The molecule has 2 atom stereocenters. The van der Waals surface area contributed by atoms with E-state index in [2.05, 4.69) is 18.7 Å². The molecule has 0 N–H and O–H groups in total. The minimum atomic E-state index is -3.53. The van der Waals surface area contributed by atoms with Crippen LogP contribution in [0.1, 0.15) is 33.1 Å². The van der Waals surface area contributed by atoms with Crippen LogP contribution in [-0.2, 0) is 14.8 Å². The minimum Gasteiger partial charge on any atom is -0.336 e. The normalized spacial score (nSPS) is 24.3. The van der Waals surface area contributed by atoms with Crippen LogP contribution in [-0.4, -0.2) is 73.2 Å². The molecule has 2 saturated heterocycles. The van der Waals surface area contributed by atoms with Gasteiger partial charge >= 0.3 is 0 Å². The van der Waals surface area contributed by atoms with E-state index in [9.17, 15) is 13.2 Å². The predicted octanol–water partition coefficient (Wildman–Crippen LogP) is 2.94. The lowest BCUT2D eigenvalue weighted by molar-refractivity contribution is -0.138. The van der Waals surface area contributed by atoms with E-state index in [1.54, 1.807) is 16.4 Å². The largest absolute Gasteiger partial charge is 0.336 e. The van der Waals surface area contributed by atoms with Crippen LogP contribution in [0.4, 0.5) is 0 Å². The Balaban J connectivity index is 1.39. The molecule has 0 unspecified atom stereocenters. The zero-order chi connectivity index (χ0) is 21.3. The molecule has 2 aromatic carbocycles. The van der Waals surface area contributed by atoms with Gasteiger partial charge in [-0.05, 0) is 56.0 Å². The van der Waals surface area contributed by atoms with Gasteiger partial charge < -0.3 is 4.90 Å². The number of hydrogen-bond donors (Lipinski definition) is 0. The highest BCUT2D eigenvalue weighted by molar-refractivity contribution is 7.89. The van der Waals surface area contributed by atoms with Crippen molar-refractivity contribution in [2.75, 3.05) is 32.7 Å². The fraction of sp³-hybridized carbons (Fsp3) is 0.522. The number of sulfonamides is 1. The third-order valence-electron chi connectivity index (χ3n) is 6.53. The van der Waals surface area contributed by atoms with E-state index >= 15 is 0 Å². The van der Waals surface area contributed by atoms with Crippen molar-refractivity contribution < 1.29 is 13.2 Å². The number of piperazine rings is 1. The van der Waals surface area contributed by atoms with Crippen LogP contribution in [0, 0.1) is 0 Å². The van der Waals surface area contributed by atoms with Gasteiger partial charge in [0.1, 0.15) is 0 Å². The summed E-state index contributed by atoms with van der Waals surface area (Å²) >= 11 is 0. The summed E-state index contributed by atoms with van der Waals surface area (Å²) in [5.74, 6) is 0.167. The first-order chi connectivity index (χ1) is 14.4. The van der Waals surface area contributed by atoms with Gasteiger partial charge in [0, 0.05) is 38.3 Å². The summed E-state index contributed by atoms with van der Waals surface area (Å²) in [5, 5.41) is 1.95. The Kier molecular flexibility index (Phi) is 6.14. The van der Waals surface area contributed by atoms with Crippen molar-refractivity contribution in [2.45, 2.75) is 50.1 Å². The zero-order valence-corrected chi connectivity index (χ0v) is 18.6. The van der Waals surface area contributed by atoms with Crippen molar-refractivity contribution in [3.05, 3.63) is 42.5 Å². The van der Waals surface area contributed by atoms with Gasteiger partial charge in [-0.3, -0.25) is 9.69 Å². The quantitative estimate of drug-likeness (QED) is 0.750. The number of carbonyl (C=O) groups is 1. The van der Waals surface area contributed by atoms with Crippen molar-refractivity contribution in [1.29, 1.82) is 0 Å². The summed E-state index contributed by atoms with van der Waals surface area (Å²) in [6.45, 7) is 6.60. The van der Waals surface area contributed by atoms with Gasteiger partial charge in [-0.2, -0.15) is 4.31 Å². The number of benzene rings is 2. The molecule has 6 nitrogen and oxygen atoms in total. The monoisotopic (exact) mass is 429 g/mol. The smallest absolute Gasteiger partial charge is 0.243 e. The summed E-state index contributed by atoms with van der Waals surface area (Å²) in [7, 11) is -3.53. The molecule has 0 aliphatic carbocycles. The van der Waals surface area contributed by atoms with Crippen LogP contribution < -0.4 is 0 Å². The van der Waals surface area contributed by atoms with E-state index in [4.69, 9.17) is 0 Å². The molecule has 0 aromatic heterocycles. The molecular formula is C23H31N3O3S. The number of rotatable bonds is 4. The Labute approximate surface area is 179 Å². The Morgan fingerprint density at radius 2 is 1.57 bits per heavy atom. The second-order valence-corrected chi connectivity index (χ2v) is 10.6. The molecule has 2 aliphatic rings. The molecule has 2 aliphatic heterocycles. The molecule has 2 fully saturated rings. The Morgan fingerprint density at radius 3 is 2.23 bits per heavy atom. The molecule has 0 spiro atoms. The number of fused-ring (bicyclic) bond motifs is 1. The highest BCUT2D eigenvalue weighted by atomic mass is 32.2. The first-order valence-electron chi connectivity index (χ1n) is 10.9. The van der Waals surface area contributed by atoms with Crippen LogP contribution in [0.15, 0.2) is 47.4 Å². The van der Waals surface area contributed by atoms with Crippen molar-refractivity contribution in [1.82, 2.24) is 14.1 Å². The average Bonchev–Trinajstić information content (AvgIpc) is 2.73. The molecule has 30 heavy (non-hydrogen) atoms. The van der Waals surface area contributed by atoms with Gasteiger partial charge in [0.2, 0.25) is 15.9 Å². The lowest BCUT2D eigenvalue weighted by atomic mass is 9.97. The molecule has 7 heteroatoms. The number of piperidine rings is 1. The lowest BCUT2D eigenvalue weighted by Crippen LogP contribution is -2.54. The van der Waals surface area contributed by atoms with E-state index in [1.807, 2.05) is 35.2 Å². The van der Waals surface area contributed by atoms with Crippen LogP contribution in [0.5, 0.6) is 0 Å². The average molecular weight is 430 g/mol. The van der Waals surface area contributed by atoms with E-state index in [-0.39, 0.29) is 18.0 Å². The summed E-state index contributed by atoms with van der Waals surface area (Å²) in [5.41, 5.74) is 0. The van der Waals surface area contributed by atoms with E-state index in [0.717, 1.165) is 23.6 Å². The summed E-state index contributed by atoms with van der Waals surface area (Å²) in [4.78, 5) is 17.3. The Morgan fingerprint density at radius 1 is 0.933 bits per heavy atom. The number of carbonyl (C=O) groups excluding carboxylic acids is 1. The van der Waals surface area contributed by atoms with Crippen LogP contribution in [0.2, 0.25) is 0 Å². The maximum absolute atomic E-state index is 13.1. The zero-order valence-electron chi connectivity index (χ0n) is 17.8. The number of hydrogen-bond acceptors (Lipinski definition) is 4. The van der Waals surface area contributed by atoms with Crippen molar-refractivity contribution >= 4 is 26.7 Å². The third-order valence-corrected chi connectivity index (χ3v) is 8.42. The second-order valence-electron chi connectivity index (χ2n) is 8.62. The summed E-state index contributed by atoms with van der Waals surface area (Å²) < 4.78 is 27.8. The van der Waals surface area contributed by atoms with Gasteiger partial charge in [-0.15, -0.1) is 0 Å².